The van der Waals surface area contributed by atoms with Crippen LogP contribution < -0.4 is 10.2 Å². The van der Waals surface area contributed by atoms with Crippen molar-refractivity contribution < 1.29 is 0 Å². The topological polar surface area (TPSA) is 15.3 Å². The average molecular weight is 339 g/mol. The zero-order valence-electron chi connectivity index (χ0n) is 13.1. The summed E-state index contributed by atoms with van der Waals surface area (Å²) in [5.41, 5.74) is 2.69. The summed E-state index contributed by atoms with van der Waals surface area (Å²) in [6.07, 6.45) is 1.32. The molecule has 1 heterocycles. The lowest BCUT2D eigenvalue weighted by Gasteiger charge is -2.22. The van der Waals surface area contributed by atoms with Gasteiger partial charge in [-0.3, -0.25) is 0 Å². The molecule has 1 unspecified atom stereocenters. The van der Waals surface area contributed by atoms with Gasteiger partial charge in [-0.25, -0.2) is 0 Å². The number of halogens is 1. The fraction of sp³-hybridized carbons (Fsp3) is 0.647. The van der Waals surface area contributed by atoms with Crippen LogP contribution in [0.5, 0.6) is 0 Å². The first-order chi connectivity index (χ1) is 9.47. The Labute approximate surface area is 132 Å². The van der Waals surface area contributed by atoms with Crippen LogP contribution in [0.25, 0.3) is 0 Å². The molecular formula is C17H27BrN2. The number of nitrogens with zero attached hydrogens (tertiary/aromatic N) is 1. The number of hydrogen-bond donors (Lipinski definition) is 1. The standard InChI is InChI=1S/C17H27BrN2/c1-12(2)15-7-8-20(11-15)17-6-5-14(9-16(17)18)10-19-13(3)4/h5-6,9,12-13,15,19H,7-8,10-11H2,1-4H3. The Bertz CT molecular complexity index is 443. The van der Waals surface area contributed by atoms with E-state index in [9.17, 15) is 0 Å². The van der Waals surface area contributed by atoms with Gasteiger partial charge < -0.3 is 10.2 Å². The molecule has 0 saturated carbocycles. The van der Waals surface area contributed by atoms with Crippen LogP contribution in [0.4, 0.5) is 5.69 Å². The molecule has 1 aromatic rings. The molecule has 0 bridgehead atoms. The van der Waals surface area contributed by atoms with E-state index in [1.165, 1.54) is 35.2 Å². The summed E-state index contributed by atoms with van der Waals surface area (Å²) >= 11 is 3.75. The van der Waals surface area contributed by atoms with E-state index in [0.717, 1.165) is 18.4 Å². The first-order valence-electron chi connectivity index (χ1n) is 7.74. The van der Waals surface area contributed by atoms with E-state index >= 15 is 0 Å². The lowest BCUT2D eigenvalue weighted by atomic mass is 9.95. The predicted octanol–water partition coefficient (Wildman–Crippen LogP) is 4.43. The fourth-order valence-corrected chi connectivity index (χ4v) is 3.47. The van der Waals surface area contributed by atoms with Crippen molar-refractivity contribution in [3.63, 3.8) is 0 Å². The third-order valence-corrected chi connectivity index (χ3v) is 4.87. The molecule has 2 nitrogen and oxygen atoms in total. The molecule has 2 rings (SSSR count). The Balaban J connectivity index is 2.03. The quantitative estimate of drug-likeness (QED) is 0.854. The highest BCUT2D eigenvalue weighted by atomic mass is 79.9. The second-order valence-corrected chi connectivity index (χ2v) is 7.41. The van der Waals surface area contributed by atoms with Gasteiger partial charge in [-0.2, -0.15) is 0 Å². The Kier molecular flexibility index (Phi) is 5.50. The number of rotatable bonds is 5. The molecule has 0 spiro atoms. The maximum Gasteiger partial charge on any atom is 0.0510 e. The molecule has 1 atom stereocenters. The molecule has 20 heavy (non-hydrogen) atoms. The largest absolute Gasteiger partial charge is 0.370 e. The third-order valence-electron chi connectivity index (χ3n) is 4.23. The molecule has 1 saturated heterocycles. The van der Waals surface area contributed by atoms with Gasteiger partial charge in [0, 0.05) is 30.1 Å². The molecule has 0 aliphatic carbocycles. The SMILES string of the molecule is CC(C)NCc1ccc(N2CCC(C(C)C)C2)c(Br)c1. The Morgan fingerprint density at radius 1 is 1.30 bits per heavy atom. The summed E-state index contributed by atoms with van der Waals surface area (Å²) in [5.74, 6) is 1.62. The number of hydrogen-bond acceptors (Lipinski definition) is 2. The molecular weight excluding hydrogens is 312 g/mol. The summed E-state index contributed by atoms with van der Waals surface area (Å²) in [4.78, 5) is 2.52. The minimum Gasteiger partial charge on any atom is -0.370 e. The van der Waals surface area contributed by atoms with Gasteiger partial charge in [-0.15, -0.1) is 0 Å². The van der Waals surface area contributed by atoms with E-state index < -0.39 is 0 Å². The van der Waals surface area contributed by atoms with Crippen LogP contribution in [0, 0.1) is 11.8 Å². The maximum atomic E-state index is 3.75. The summed E-state index contributed by atoms with van der Waals surface area (Å²) in [6, 6.07) is 7.30. The summed E-state index contributed by atoms with van der Waals surface area (Å²) < 4.78 is 1.23. The lowest BCUT2D eigenvalue weighted by Crippen LogP contribution is -2.23. The van der Waals surface area contributed by atoms with Gasteiger partial charge >= 0.3 is 0 Å². The van der Waals surface area contributed by atoms with Gasteiger partial charge in [0.2, 0.25) is 0 Å². The van der Waals surface area contributed by atoms with E-state index in [1.54, 1.807) is 0 Å². The van der Waals surface area contributed by atoms with Crippen molar-refractivity contribution in [3.05, 3.63) is 28.2 Å². The van der Waals surface area contributed by atoms with Gasteiger partial charge in [-0.05, 0) is 51.9 Å². The molecule has 1 N–H and O–H groups in total. The van der Waals surface area contributed by atoms with Crippen LogP contribution in [0.1, 0.15) is 39.7 Å². The highest BCUT2D eigenvalue weighted by molar-refractivity contribution is 9.10. The minimum absolute atomic E-state index is 0.527. The van der Waals surface area contributed by atoms with Crippen molar-refractivity contribution in [2.45, 2.75) is 46.7 Å². The predicted molar refractivity (Wildman–Crippen MR) is 91.3 cm³/mol. The first kappa shape index (κ1) is 15.8. The van der Waals surface area contributed by atoms with E-state index in [0.29, 0.717) is 6.04 Å². The summed E-state index contributed by atoms with van der Waals surface area (Å²) in [6.45, 7) is 12.4. The second kappa shape index (κ2) is 6.95. The minimum atomic E-state index is 0.527. The van der Waals surface area contributed by atoms with Crippen molar-refractivity contribution in [1.82, 2.24) is 5.32 Å². The van der Waals surface area contributed by atoms with Gasteiger partial charge in [0.15, 0.2) is 0 Å². The number of benzene rings is 1. The van der Waals surface area contributed by atoms with Crippen molar-refractivity contribution in [2.24, 2.45) is 11.8 Å². The Morgan fingerprint density at radius 2 is 2.05 bits per heavy atom. The van der Waals surface area contributed by atoms with Crippen molar-refractivity contribution in [2.75, 3.05) is 18.0 Å². The summed E-state index contributed by atoms with van der Waals surface area (Å²) in [5, 5.41) is 3.47. The normalized spacial score (nSPS) is 19.4. The number of anilines is 1. The van der Waals surface area contributed by atoms with Crippen LogP contribution in [-0.2, 0) is 6.54 Å². The van der Waals surface area contributed by atoms with Crippen LogP contribution in [-0.4, -0.2) is 19.1 Å². The average Bonchev–Trinajstić information content (AvgIpc) is 2.86. The molecule has 0 radical (unpaired) electrons. The van der Waals surface area contributed by atoms with E-state index in [4.69, 9.17) is 0 Å². The van der Waals surface area contributed by atoms with Crippen LogP contribution in [0.2, 0.25) is 0 Å². The second-order valence-electron chi connectivity index (χ2n) is 6.56. The molecule has 1 aliphatic rings. The number of nitrogens with one attached hydrogen (secondary N) is 1. The molecule has 0 aromatic heterocycles. The fourth-order valence-electron chi connectivity index (χ4n) is 2.79. The van der Waals surface area contributed by atoms with E-state index in [1.807, 2.05) is 0 Å². The first-order valence-corrected chi connectivity index (χ1v) is 8.53. The zero-order valence-corrected chi connectivity index (χ0v) is 14.7. The van der Waals surface area contributed by atoms with Gasteiger partial charge in [0.25, 0.3) is 0 Å². The van der Waals surface area contributed by atoms with E-state index in [-0.39, 0.29) is 0 Å². The van der Waals surface area contributed by atoms with Gasteiger partial charge in [-0.1, -0.05) is 33.8 Å². The highest BCUT2D eigenvalue weighted by Gasteiger charge is 2.25. The smallest absolute Gasteiger partial charge is 0.0510 e. The third kappa shape index (κ3) is 3.98. The zero-order chi connectivity index (χ0) is 14.7. The van der Waals surface area contributed by atoms with E-state index in [2.05, 4.69) is 72.0 Å². The van der Waals surface area contributed by atoms with Gasteiger partial charge in [0.1, 0.15) is 0 Å². The molecule has 0 amide bonds. The molecule has 1 fully saturated rings. The molecule has 1 aromatic carbocycles. The van der Waals surface area contributed by atoms with Crippen LogP contribution >= 0.6 is 15.9 Å². The maximum absolute atomic E-state index is 3.75. The lowest BCUT2D eigenvalue weighted by molar-refractivity contribution is 0.423. The molecule has 112 valence electrons. The van der Waals surface area contributed by atoms with Crippen LogP contribution in [0.3, 0.4) is 0 Å². The van der Waals surface area contributed by atoms with Gasteiger partial charge in [0.05, 0.1) is 5.69 Å². The van der Waals surface area contributed by atoms with Crippen molar-refractivity contribution >= 4 is 21.6 Å². The molecule has 3 heteroatoms. The highest BCUT2D eigenvalue weighted by Crippen LogP contribution is 2.33. The Morgan fingerprint density at radius 3 is 2.60 bits per heavy atom. The van der Waals surface area contributed by atoms with Crippen molar-refractivity contribution in [1.29, 1.82) is 0 Å². The Hall–Kier alpha value is -0.540. The van der Waals surface area contributed by atoms with Crippen LogP contribution in [0.15, 0.2) is 22.7 Å². The summed E-state index contributed by atoms with van der Waals surface area (Å²) in [7, 11) is 0. The molecule has 1 aliphatic heterocycles. The monoisotopic (exact) mass is 338 g/mol. The van der Waals surface area contributed by atoms with Crippen molar-refractivity contribution in [3.8, 4) is 0 Å².